The number of aromatic nitrogens is 1. The second kappa shape index (κ2) is 5.58. The van der Waals surface area contributed by atoms with Crippen molar-refractivity contribution in [1.82, 2.24) is 4.98 Å². The van der Waals surface area contributed by atoms with Gasteiger partial charge in [-0.05, 0) is 50.1 Å². The molecule has 5 nitrogen and oxygen atoms in total. The lowest BCUT2D eigenvalue weighted by molar-refractivity contribution is 0.441. The molecule has 7 heteroatoms. The van der Waals surface area contributed by atoms with Gasteiger partial charge in [0, 0.05) is 18.0 Å². The zero-order valence-corrected chi connectivity index (χ0v) is 12.6. The van der Waals surface area contributed by atoms with Crippen LogP contribution in [-0.2, 0) is 0 Å². The van der Waals surface area contributed by atoms with Gasteiger partial charge in [0.1, 0.15) is 16.0 Å². The number of pyridine rings is 1. The molecule has 0 saturated carbocycles. The van der Waals surface area contributed by atoms with Gasteiger partial charge in [0.05, 0.1) is 4.47 Å². The third kappa shape index (κ3) is 2.87. The van der Waals surface area contributed by atoms with Crippen LogP contribution < -0.4 is 0 Å². The Morgan fingerprint density at radius 1 is 1.16 bits per heavy atom. The number of phenolic OH excluding ortho intramolecular Hbond substituents is 2. The summed E-state index contributed by atoms with van der Waals surface area (Å²) in [6.07, 6.45) is 2.83. The summed E-state index contributed by atoms with van der Waals surface area (Å²) in [5.74, 6) is -0.174. The van der Waals surface area contributed by atoms with E-state index in [2.05, 4.69) is 41.8 Å². The maximum Gasteiger partial charge on any atom is 0.194 e. The molecule has 0 spiro atoms. The van der Waals surface area contributed by atoms with Crippen LogP contribution in [0.1, 0.15) is 5.56 Å². The minimum atomic E-state index is -0.153. The minimum absolute atomic E-state index is 0.0600. The van der Waals surface area contributed by atoms with Crippen LogP contribution in [0.15, 0.2) is 38.3 Å². The molecule has 0 aliphatic heterocycles. The average molecular weight is 388 g/mol. The first kappa shape index (κ1) is 13.8. The molecule has 0 aliphatic rings. The zero-order valence-electron chi connectivity index (χ0n) is 9.38. The molecule has 0 bridgehead atoms. The first-order valence-electron chi connectivity index (χ1n) is 5.08. The van der Waals surface area contributed by atoms with Crippen LogP contribution in [0.4, 0.5) is 5.82 Å². The lowest BCUT2D eigenvalue weighted by atomic mass is 10.2. The van der Waals surface area contributed by atoms with Crippen LogP contribution in [0.3, 0.4) is 0 Å². The van der Waals surface area contributed by atoms with Crippen molar-refractivity contribution in [2.24, 2.45) is 4.99 Å². The zero-order chi connectivity index (χ0) is 14.0. The standard InChI is InChI=1S/C12H8Br2N2O3/c13-7-4-6(10(18)9(14)11(7)19)5-16-12-8(17)2-1-3-15-12/h1-5,17-19H/b16-5+. The smallest absolute Gasteiger partial charge is 0.194 e. The second-order valence-electron chi connectivity index (χ2n) is 3.56. The Hall–Kier alpha value is -1.60. The van der Waals surface area contributed by atoms with Crippen LogP contribution in [-0.4, -0.2) is 26.5 Å². The lowest BCUT2D eigenvalue weighted by Gasteiger charge is -2.06. The first-order valence-corrected chi connectivity index (χ1v) is 6.67. The van der Waals surface area contributed by atoms with Crippen LogP contribution in [0.2, 0.25) is 0 Å². The van der Waals surface area contributed by atoms with Gasteiger partial charge in [-0.3, -0.25) is 0 Å². The molecular formula is C12H8Br2N2O3. The fraction of sp³-hybridized carbons (Fsp3) is 0. The molecule has 98 valence electrons. The largest absolute Gasteiger partial charge is 0.506 e. The minimum Gasteiger partial charge on any atom is -0.506 e. The number of halogens is 2. The summed E-state index contributed by atoms with van der Waals surface area (Å²) in [6, 6.07) is 4.54. The SMILES string of the molecule is Oc1cccnc1/N=C/c1cc(Br)c(O)c(Br)c1O. The Bertz CT molecular complexity index is 660. The fourth-order valence-corrected chi connectivity index (χ4v) is 2.49. The number of phenols is 2. The molecular weight excluding hydrogens is 380 g/mol. The van der Waals surface area contributed by atoms with E-state index in [0.717, 1.165) is 0 Å². The van der Waals surface area contributed by atoms with Crippen LogP contribution in [0, 0.1) is 0 Å². The van der Waals surface area contributed by atoms with Crippen molar-refractivity contribution in [3.05, 3.63) is 38.9 Å². The monoisotopic (exact) mass is 386 g/mol. The van der Waals surface area contributed by atoms with E-state index in [4.69, 9.17) is 0 Å². The summed E-state index contributed by atoms with van der Waals surface area (Å²) in [6.45, 7) is 0. The summed E-state index contributed by atoms with van der Waals surface area (Å²) in [5.41, 5.74) is 0.363. The first-order chi connectivity index (χ1) is 9.00. The maximum atomic E-state index is 9.85. The van der Waals surface area contributed by atoms with Gasteiger partial charge < -0.3 is 15.3 Å². The highest BCUT2D eigenvalue weighted by atomic mass is 79.9. The predicted molar refractivity (Wildman–Crippen MR) is 78.3 cm³/mol. The number of hydrogen-bond acceptors (Lipinski definition) is 5. The Morgan fingerprint density at radius 3 is 2.58 bits per heavy atom. The van der Waals surface area contributed by atoms with E-state index in [1.54, 1.807) is 6.07 Å². The molecule has 0 radical (unpaired) electrons. The molecule has 2 aromatic rings. The third-order valence-corrected chi connectivity index (χ3v) is 3.65. The molecule has 0 fully saturated rings. The molecule has 2 rings (SSSR count). The van der Waals surface area contributed by atoms with Crippen molar-refractivity contribution >= 4 is 43.9 Å². The Kier molecular flexibility index (Phi) is 4.06. The number of nitrogens with zero attached hydrogens (tertiary/aromatic N) is 2. The van der Waals surface area contributed by atoms with E-state index in [-0.39, 0.29) is 27.5 Å². The van der Waals surface area contributed by atoms with Crippen LogP contribution >= 0.6 is 31.9 Å². The number of aliphatic imine (C=N–C) groups is 1. The topological polar surface area (TPSA) is 85.9 Å². The maximum absolute atomic E-state index is 9.85. The highest BCUT2D eigenvalue weighted by Gasteiger charge is 2.12. The van der Waals surface area contributed by atoms with Crippen LogP contribution in [0.5, 0.6) is 17.2 Å². The summed E-state index contributed by atoms with van der Waals surface area (Å²) in [7, 11) is 0. The summed E-state index contributed by atoms with van der Waals surface area (Å²) < 4.78 is 0.567. The average Bonchev–Trinajstić information content (AvgIpc) is 2.40. The van der Waals surface area contributed by atoms with E-state index in [1.807, 2.05) is 0 Å². The molecule has 0 saturated heterocycles. The van der Waals surface area contributed by atoms with Crippen molar-refractivity contribution in [2.45, 2.75) is 0 Å². The van der Waals surface area contributed by atoms with Crippen LogP contribution in [0.25, 0.3) is 0 Å². The quantitative estimate of drug-likeness (QED) is 0.688. The van der Waals surface area contributed by atoms with Gasteiger partial charge in [-0.15, -0.1) is 0 Å². The van der Waals surface area contributed by atoms with E-state index in [9.17, 15) is 15.3 Å². The molecule has 0 aliphatic carbocycles. The van der Waals surface area contributed by atoms with Gasteiger partial charge in [0.2, 0.25) is 0 Å². The Balaban J connectivity index is 2.42. The molecule has 19 heavy (non-hydrogen) atoms. The highest BCUT2D eigenvalue weighted by molar-refractivity contribution is 9.11. The van der Waals surface area contributed by atoms with Gasteiger partial charge in [-0.2, -0.15) is 0 Å². The number of benzene rings is 1. The summed E-state index contributed by atoms with van der Waals surface area (Å²) >= 11 is 6.22. The fourth-order valence-electron chi connectivity index (χ4n) is 1.33. The number of hydrogen-bond donors (Lipinski definition) is 3. The Morgan fingerprint density at radius 2 is 1.89 bits per heavy atom. The van der Waals surface area contributed by atoms with Crippen molar-refractivity contribution in [2.75, 3.05) is 0 Å². The van der Waals surface area contributed by atoms with E-state index < -0.39 is 0 Å². The van der Waals surface area contributed by atoms with E-state index in [1.165, 1.54) is 24.5 Å². The molecule has 0 atom stereocenters. The van der Waals surface area contributed by atoms with Gasteiger partial charge >= 0.3 is 0 Å². The third-order valence-electron chi connectivity index (χ3n) is 2.29. The highest BCUT2D eigenvalue weighted by Crippen LogP contribution is 2.40. The molecule has 1 aromatic carbocycles. The summed E-state index contributed by atoms with van der Waals surface area (Å²) in [4.78, 5) is 7.86. The van der Waals surface area contributed by atoms with Gasteiger partial charge in [-0.1, -0.05) is 0 Å². The van der Waals surface area contributed by atoms with E-state index in [0.29, 0.717) is 10.0 Å². The molecule has 0 amide bonds. The Labute approximate surface area is 125 Å². The molecule has 1 aromatic heterocycles. The molecule has 0 unspecified atom stereocenters. The lowest BCUT2D eigenvalue weighted by Crippen LogP contribution is -1.86. The second-order valence-corrected chi connectivity index (χ2v) is 5.21. The number of aromatic hydroxyl groups is 3. The van der Waals surface area contributed by atoms with Crippen molar-refractivity contribution in [1.29, 1.82) is 0 Å². The summed E-state index contributed by atoms with van der Waals surface area (Å²) in [5, 5.41) is 29.0. The van der Waals surface area contributed by atoms with Crippen molar-refractivity contribution in [3.8, 4) is 17.2 Å². The van der Waals surface area contributed by atoms with Gasteiger partial charge in [0.15, 0.2) is 11.6 Å². The van der Waals surface area contributed by atoms with Gasteiger partial charge in [-0.25, -0.2) is 9.98 Å². The molecule has 1 heterocycles. The normalized spacial score (nSPS) is 11.1. The van der Waals surface area contributed by atoms with E-state index >= 15 is 0 Å². The number of rotatable bonds is 2. The van der Waals surface area contributed by atoms with Crippen molar-refractivity contribution < 1.29 is 15.3 Å². The predicted octanol–water partition coefficient (Wildman–Crippen LogP) is 3.47. The van der Waals surface area contributed by atoms with Gasteiger partial charge in [0.25, 0.3) is 0 Å². The van der Waals surface area contributed by atoms with Crippen molar-refractivity contribution in [3.63, 3.8) is 0 Å². The molecule has 3 N–H and O–H groups in total.